The third kappa shape index (κ3) is 2.62. The number of benzene rings is 1. The van der Waals surface area contributed by atoms with Gasteiger partial charge in [-0.15, -0.1) is 0 Å². The van der Waals surface area contributed by atoms with Crippen molar-refractivity contribution in [2.24, 2.45) is 0 Å². The van der Waals surface area contributed by atoms with Crippen molar-refractivity contribution in [3.63, 3.8) is 0 Å². The van der Waals surface area contributed by atoms with Crippen LogP contribution in [0.1, 0.15) is 32.1 Å². The maximum atomic E-state index is 11.4. The minimum atomic E-state index is -1.92. The van der Waals surface area contributed by atoms with Gasteiger partial charge in [0.2, 0.25) is 0 Å². The zero-order valence-corrected chi connectivity index (χ0v) is 10.0. The Morgan fingerprint density at radius 1 is 1.12 bits per heavy atom. The average Bonchev–Trinajstić information content (AvgIpc) is 2.31. The van der Waals surface area contributed by atoms with Gasteiger partial charge in [-0.25, -0.2) is 4.21 Å². The van der Waals surface area contributed by atoms with Gasteiger partial charge in [0.05, 0.1) is 5.69 Å². The Bertz CT molecular complexity index is 349. The van der Waals surface area contributed by atoms with Gasteiger partial charge in [0, 0.05) is 6.04 Å². The Morgan fingerprint density at radius 2 is 1.75 bits per heavy atom. The molecule has 1 unspecified atom stereocenters. The van der Waals surface area contributed by atoms with E-state index < -0.39 is 11.3 Å². The molecule has 1 aromatic rings. The second-order valence-corrected chi connectivity index (χ2v) is 5.04. The molecule has 1 aliphatic rings. The van der Waals surface area contributed by atoms with Crippen molar-refractivity contribution in [1.29, 1.82) is 0 Å². The van der Waals surface area contributed by atoms with Crippen LogP contribution in [0, 0.1) is 0 Å². The van der Waals surface area contributed by atoms with Gasteiger partial charge in [-0.05, 0) is 25.0 Å². The lowest BCUT2D eigenvalue weighted by Gasteiger charge is -2.32. The highest BCUT2D eigenvalue weighted by Gasteiger charge is 2.25. The smallest absolute Gasteiger partial charge is 0.262 e. The first-order valence-electron chi connectivity index (χ1n) is 5.74. The fourth-order valence-corrected chi connectivity index (χ4v) is 3.09. The lowest BCUT2D eigenvalue weighted by atomic mass is 9.95. The number of hydrogen-bond donors (Lipinski definition) is 1. The number of hydrogen-bond acceptors (Lipinski definition) is 1. The van der Waals surface area contributed by atoms with E-state index in [-0.39, 0.29) is 6.04 Å². The van der Waals surface area contributed by atoms with Crippen molar-refractivity contribution >= 4 is 17.0 Å². The Labute approximate surface area is 98.9 Å². The summed E-state index contributed by atoms with van der Waals surface area (Å²) in [4.78, 5) is 0. The molecule has 0 amide bonds. The van der Waals surface area contributed by atoms with E-state index in [0.29, 0.717) is 0 Å². The molecule has 1 aliphatic carbocycles. The van der Waals surface area contributed by atoms with E-state index in [2.05, 4.69) is 0 Å². The number of anilines is 1. The van der Waals surface area contributed by atoms with E-state index in [0.717, 1.165) is 31.4 Å². The van der Waals surface area contributed by atoms with Crippen LogP contribution in [0.3, 0.4) is 0 Å². The van der Waals surface area contributed by atoms with E-state index in [1.54, 1.807) is 4.31 Å². The summed E-state index contributed by atoms with van der Waals surface area (Å²) in [7, 11) is 0. The molecule has 3 nitrogen and oxygen atoms in total. The van der Waals surface area contributed by atoms with Gasteiger partial charge in [0.25, 0.3) is 11.3 Å². The third-order valence-corrected chi connectivity index (χ3v) is 3.93. The maximum absolute atomic E-state index is 11.4. The molecule has 88 valence electrons. The molecule has 0 bridgehead atoms. The zero-order chi connectivity index (χ0) is 11.4. The van der Waals surface area contributed by atoms with Crippen molar-refractivity contribution in [2.75, 3.05) is 4.31 Å². The molecule has 0 aliphatic heterocycles. The molecular formula is C12H17NO2S. The molecular weight excluding hydrogens is 222 g/mol. The third-order valence-electron chi connectivity index (χ3n) is 3.09. The summed E-state index contributed by atoms with van der Waals surface area (Å²) < 4.78 is 22.5. The summed E-state index contributed by atoms with van der Waals surface area (Å²) in [5.74, 6) is 0. The van der Waals surface area contributed by atoms with Crippen LogP contribution in [0.15, 0.2) is 30.3 Å². The largest absolute Gasteiger partial charge is 0.289 e. The molecule has 1 fully saturated rings. The quantitative estimate of drug-likeness (QED) is 0.824. The van der Waals surface area contributed by atoms with Crippen LogP contribution in [0.5, 0.6) is 0 Å². The minimum absolute atomic E-state index is 0.210. The molecule has 0 saturated heterocycles. The summed E-state index contributed by atoms with van der Waals surface area (Å²) in [5.41, 5.74) is 0.843. The summed E-state index contributed by atoms with van der Waals surface area (Å²) in [6, 6.07) is 9.71. The minimum Gasteiger partial charge on any atom is -0.289 e. The SMILES string of the molecule is O=S(O)N(c1ccccc1)C1CCCCC1. The molecule has 0 spiro atoms. The summed E-state index contributed by atoms with van der Waals surface area (Å²) in [6.07, 6.45) is 5.59. The summed E-state index contributed by atoms with van der Waals surface area (Å²) >= 11 is -1.92. The second-order valence-electron chi connectivity index (χ2n) is 4.18. The van der Waals surface area contributed by atoms with Gasteiger partial charge in [0.1, 0.15) is 0 Å². The Morgan fingerprint density at radius 3 is 2.31 bits per heavy atom. The van der Waals surface area contributed by atoms with Gasteiger partial charge < -0.3 is 0 Å². The van der Waals surface area contributed by atoms with Crippen molar-refractivity contribution in [3.8, 4) is 0 Å². The van der Waals surface area contributed by atoms with E-state index in [4.69, 9.17) is 0 Å². The first kappa shape index (κ1) is 11.6. The predicted octanol–water partition coefficient (Wildman–Crippen LogP) is 2.96. The second kappa shape index (κ2) is 5.46. The molecule has 16 heavy (non-hydrogen) atoms. The van der Waals surface area contributed by atoms with Crippen LogP contribution in [-0.2, 0) is 11.3 Å². The highest BCUT2D eigenvalue weighted by Crippen LogP contribution is 2.27. The molecule has 1 aromatic carbocycles. The predicted molar refractivity (Wildman–Crippen MR) is 66.6 cm³/mol. The highest BCUT2D eigenvalue weighted by atomic mass is 32.2. The van der Waals surface area contributed by atoms with Crippen LogP contribution in [0.2, 0.25) is 0 Å². The average molecular weight is 239 g/mol. The molecule has 1 saturated carbocycles. The Balaban J connectivity index is 2.20. The van der Waals surface area contributed by atoms with E-state index >= 15 is 0 Å². The molecule has 0 radical (unpaired) electrons. The maximum Gasteiger partial charge on any atom is 0.262 e. The van der Waals surface area contributed by atoms with Crippen LogP contribution < -0.4 is 4.31 Å². The van der Waals surface area contributed by atoms with Gasteiger partial charge >= 0.3 is 0 Å². The topological polar surface area (TPSA) is 40.5 Å². The van der Waals surface area contributed by atoms with Gasteiger partial charge in [0.15, 0.2) is 0 Å². The summed E-state index contributed by atoms with van der Waals surface area (Å²) in [5, 5.41) is 0. The molecule has 2 rings (SSSR count). The van der Waals surface area contributed by atoms with Gasteiger partial charge in [-0.2, -0.15) is 0 Å². The van der Waals surface area contributed by atoms with E-state index in [9.17, 15) is 8.76 Å². The number of nitrogens with zero attached hydrogens (tertiary/aromatic N) is 1. The van der Waals surface area contributed by atoms with E-state index in [1.165, 1.54) is 6.42 Å². The van der Waals surface area contributed by atoms with Crippen LogP contribution in [0.25, 0.3) is 0 Å². The lowest BCUT2D eigenvalue weighted by molar-refractivity contribution is 0.434. The number of para-hydroxylation sites is 1. The van der Waals surface area contributed by atoms with Crippen molar-refractivity contribution in [3.05, 3.63) is 30.3 Å². The van der Waals surface area contributed by atoms with Crippen LogP contribution >= 0.6 is 0 Å². The van der Waals surface area contributed by atoms with Crippen molar-refractivity contribution in [1.82, 2.24) is 0 Å². The standard InChI is InChI=1S/C12H17NO2S/c14-16(15)13(11-7-3-1-4-8-11)12-9-5-2-6-10-12/h1,3-4,7-8,12H,2,5-6,9-10H2,(H,14,15). The fourth-order valence-electron chi connectivity index (χ4n) is 2.32. The molecule has 1 atom stereocenters. The first-order valence-corrected chi connectivity index (χ1v) is 6.80. The first-order chi connectivity index (χ1) is 7.79. The molecule has 0 aromatic heterocycles. The monoisotopic (exact) mass is 239 g/mol. The molecule has 4 heteroatoms. The van der Waals surface area contributed by atoms with Crippen LogP contribution in [0.4, 0.5) is 5.69 Å². The van der Waals surface area contributed by atoms with E-state index in [1.807, 2.05) is 30.3 Å². The normalized spacial score (nSPS) is 19.3. The Hall–Kier alpha value is -0.870. The van der Waals surface area contributed by atoms with Crippen LogP contribution in [-0.4, -0.2) is 14.8 Å². The molecule has 0 heterocycles. The Kier molecular flexibility index (Phi) is 3.96. The lowest BCUT2D eigenvalue weighted by Crippen LogP contribution is -2.37. The number of rotatable bonds is 3. The summed E-state index contributed by atoms with van der Waals surface area (Å²) in [6.45, 7) is 0. The van der Waals surface area contributed by atoms with Gasteiger partial charge in [-0.1, -0.05) is 37.5 Å². The zero-order valence-electron chi connectivity index (χ0n) is 9.21. The highest BCUT2D eigenvalue weighted by molar-refractivity contribution is 7.80. The van der Waals surface area contributed by atoms with Crippen molar-refractivity contribution < 1.29 is 8.76 Å². The molecule has 1 N–H and O–H groups in total. The van der Waals surface area contributed by atoms with Gasteiger partial charge in [-0.3, -0.25) is 8.86 Å². The van der Waals surface area contributed by atoms with Crippen molar-refractivity contribution in [2.45, 2.75) is 38.1 Å². The fraction of sp³-hybridized carbons (Fsp3) is 0.500.